The highest BCUT2D eigenvalue weighted by Crippen LogP contribution is 2.36. The number of carbonyl (C=O) groups is 1. The molecule has 0 amide bonds. The van der Waals surface area contributed by atoms with Gasteiger partial charge in [0.25, 0.3) is 0 Å². The molecule has 0 saturated carbocycles. The van der Waals surface area contributed by atoms with Gasteiger partial charge in [-0.1, -0.05) is 12.1 Å². The minimum absolute atomic E-state index is 0.0649. The van der Waals surface area contributed by atoms with Gasteiger partial charge >= 0.3 is 12.1 Å². The first kappa shape index (κ1) is 19.4. The summed E-state index contributed by atoms with van der Waals surface area (Å²) < 4.78 is 54.6. The smallest absolute Gasteiger partial charge is 0.433 e. The van der Waals surface area contributed by atoms with Crippen LogP contribution in [-0.4, -0.2) is 30.0 Å². The molecule has 0 aliphatic carbocycles. The Morgan fingerprint density at radius 1 is 1.27 bits per heavy atom. The predicted octanol–water partition coefficient (Wildman–Crippen LogP) is 3.70. The molecular weight excluding hydrogens is 353 g/mol. The third-order valence-electron chi connectivity index (χ3n) is 3.51. The second-order valence-corrected chi connectivity index (χ2v) is 5.30. The van der Waals surface area contributed by atoms with Gasteiger partial charge in [0.05, 0.1) is 20.5 Å². The largest absolute Gasteiger partial charge is 0.503 e. The van der Waals surface area contributed by atoms with Gasteiger partial charge in [-0.05, 0) is 18.6 Å². The highest BCUT2D eigenvalue weighted by molar-refractivity contribution is 6.17. The number of alkyl halides is 3. The van der Waals surface area contributed by atoms with Gasteiger partial charge in [0, 0.05) is 18.7 Å². The molecule has 2 aromatic rings. The summed E-state index contributed by atoms with van der Waals surface area (Å²) in [4.78, 5) is 12.1. The molecule has 1 aromatic heterocycles. The minimum atomic E-state index is -4.56. The zero-order chi connectivity index (χ0) is 19.5. The van der Waals surface area contributed by atoms with Gasteiger partial charge in [-0.3, -0.25) is 4.68 Å². The van der Waals surface area contributed by atoms with Crippen molar-refractivity contribution >= 4 is 11.5 Å². The SMILES string of the molecule is CO/C=C(\C(=O)OC)c1c(C)cccc1Oc1cc(C(F)(F)F)n(C)n1. The Hall–Kier alpha value is -2.97. The van der Waals surface area contributed by atoms with E-state index in [4.69, 9.17) is 14.2 Å². The van der Waals surface area contributed by atoms with Crippen LogP contribution >= 0.6 is 0 Å². The molecule has 26 heavy (non-hydrogen) atoms. The molecule has 140 valence electrons. The summed E-state index contributed by atoms with van der Waals surface area (Å²) in [6.45, 7) is 1.72. The molecular formula is C17H17F3N2O4. The first-order valence-electron chi connectivity index (χ1n) is 7.39. The van der Waals surface area contributed by atoms with Crippen molar-refractivity contribution in [1.29, 1.82) is 0 Å². The van der Waals surface area contributed by atoms with E-state index >= 15 is 0 Å². The van der Waals surface area contributed by atoms with E-state index in [9.17, 15) is 18.0 Å². The second kappa shape index (κ2) is 7.51. The normalized spacial score (nSPS) is 12.0. The fourth-order valence-electron chi connectivity index (χ4n) is 2.38. The van der Waals surface area contributed by atoms with E-state index in [2.05, 4.69) is 5.10 Å². The fourth-order valence-corrected chi connectivity index (χ4v) is 2.38. The summed E-state index contributed by atoms with van der Waals surface area (Å²) >= 11 is 0. The van der Waals surface area contributed by atoms with Gasteiger partial charge in [0.2, 0.25) is 5.88 Å². The number of hydrogen-bond donors (Lipinski definition) is 0. The van der Waals surface area contributed by atoms with Gasteiger partial charge in [-0.25, -0.2) is 4.79 Å². The summed E-state index contributed by atoms with van der Waals surface area (Å²) in [6.07, 6.45) is -3.38. The van der Waals surface area contributed by atoms with E-state index in [0.29, 0.717) is 15.8 Å². The number of benzene rings is 1. The first-order valence-corrected chi connectivity index (χ1v) is 7.39. The maximum absolute atomic E-state index is 12.9. The molecule has 1 heterocycles. The molecule has 0 aliphatic heterocycles. The maximum Gasteiger partial charge on any atom is 0.433 e. The molecule has 9 heteroatoms. The van der Waals surface area contributed by atoms with Crippen molar-refractivity contribution in [3.05, 3.63) is 47.3 Å². The van der Waals surface area contributed by atoms with Crippen molar-refractivity contribution in [2.45, 2.75) is 13.1 Å². The van der Waals surface area contributed by atoms with Gasteiger partial charge < -0.3 is 14.2 Å². The van der Waals surface area contributed by atoms with Crippen LogP contribution in [0, 0.1) is 6.92 Å². The van der Waals surface area contributed by atoms with Crippen LogP contribution in [0.25, 0.3) is 5.57 Å². The van der Waals surface area contributed by atoms with Crippen molar-refractivity contribution in [3.63, 3.8) is 0 Å². The van der Waals surface area contributed by atoms with Crippen LogP contribution in [0.2, 0.25) is 0 Å². The van der Waals surface area contributed by atoms with Crippen LogP contribution in [0.15, 0.2) is 30.5 Å². The third-order valence-corrected chi connectivity index (χ3v) is 3.51. The molecule has 0 saturated heterocycles. The number of aryl methyl sites for hydroxylation is 2. The number of carbonyl (C=O) groups excluding carboxylic acids is 1. The van der Waals surface area contributed by atoms with Crippen LogP contribution in [-0.2, 0) is 27.5 Å². The number of ether oxygens (including phenoxy) is 3. The lowest BCUT2D eigenvalue weighted by molar-refractivity contribution is -0.143. The Kier molecular flexibility index (Phi) is 5.59. The molecule has 0 aliphatic rings. The van der Waals surface area contributed by atoms with E-state index in [1.807, 2.05) is 0 Å². The lowest BCUT2D eigenvalue weighted by Gasteiger charge is -2.14. The van der Waals surface area contributed by atoms with Crippen molar-refractivity contribution in [1.82, 2.24) is 9.78 Å². The Bertz CT molecular complexity index is 841. The van der Waals surface area contributed by atoms with Gasteiger partial charge in [0.15, 0.2) is 0 Å². The summed E-state index contributed by atoms with van der Waals surface area (Å²) in [5, 5.41) is 3.72. The number of nitrogens with zero attached hydrogens (tertiary/aromatic N) is 2. The Morgan fingerprint density at radius 2 is 1.96 bits per heavy atom. The van der Waals surface area contributed by atoms with E-state index < -0.39 is 17.8 Å². The zero-order valence-corrected chi connectivity index (χ0v) is 14.5. The molecule has 0 fully saturated rings. The third kappa shape index (κ3) is 3.98. The fraction of sp³-hybridized carbons (Fsp3) is 0.294. The van der Waals surface area contributed by atoms with E-state index in [-0.39, 0.29) is 17.2 Å². The number of esters is 1. The second-order valence-electron chi connectivity index (χ2n) is 5.30. The van der Waals surface area contributed by atoms with E-state index in [1.165, 1.54) is 26.5 Å². The quantitative estimate of drug-likeness (QED) is 0.456. The van der Waals surface area contributed by atoms with Crippen molar-refractivity contribution in [2.24, 2.45) is 7.05 Å². The summed E-state index contributed by atoms with van der Waals surface area (Å²) in [5.74, 6) is -0.790. The van der Waals surface area contributed by atoms with Crippen LogP contribution < -0.4 is 4.74 Å². The highest BCUT2D eigenvalue weighted by Gasteiger charge is 2.35. The van der Waals surface area contributed by atoms with Crippen LogP contribution in [0.3, 0.4) is 0 Å². The Labute approximate surface area is 147 Å². The lowest BCUT2D eigenvalue weighted by atomic mass is 10.0. The van der Waals surface area contributed by atoms with Gasteiger partial charge in [-0.2, -0.15) is 13.2 Å². The first-order chi connectivity index (χ1) is 12.2. The average Bonchev–Trinajstić information content (AvgIpc) is 2.93. The van der Waals surface area contributed by atoms with Crippen LogP contribution in [0.5, 0.6) is 11.6 Å². The molecule has 0 radical (unpaired) electrons. The summed E-state index contributed by atoms with van der Waals surface area (Å²) in [5.41, 5.74) is 0.0843. The van der Waals surface area contributed by atoms with Gasteiger partial charge in [-0.15, -0.1) is 5.10 Å². The van der Waals surface area contributed by atoms with E-state index in [1.54, 1.807) is 19.1 Å². The Balaban J connectivity index is 2.51. The van der Waals surface area contributed by atoms with Crippen LogP contribution in [0.1, 0.15) is 16.8 Å². The number of aromatic nitrogens is 2. The molecule has 0 bridgehead atoms. The maximum atomic E-state index is 12.9. The zero-order valence-electron chi connectivity index (χ0n) is 14.5. The number of rotatable bonds is 5. The molecule has 0 atom stereocenters. The minimum Gasteiger partial charge on any atom is -0.503 e. The molecule has 6 nitrogen and oxygen atoms in total. The lowest BCUT2D eigenvalue weighted by Crippen LogP contribution is -2.11. The predicted molar refractivity (Wildman–Crippen MR) is 86.5 cm³/mol. The standard InChI is InChI=1S/C17H17F3N2O4/c1-10-6-5-7-12(15(10)11(9-24-3)16(23)25-4)26-14-8-13(17(18,19)20)22(2)21-14/h5-9H,1-4H3/b11-9-. The molecule has 0 unspecified atom stereocenters. The topological polar surface area (TPSA) is 62.6 Å². The number of hydrogen-bond acceptors (Lipinski definition) is 5. The van der Waals surface area contributed by atoms with Crippen LogP contribution in [0.4, 0.5) is 13.2 Å². The van der Waals surface area contributed by atoms with Crippen molar-refractivity contribution in [3.8, 4) is 11.6 Å². The molecule has 0 N–H and O–H groups in total. The van der Waals surface area contributed by atoms with Crippen molar-refractivity contribution < 1.29 is 32.2 Å². The van der Waals surface area contributed by atoms with Crippen molar-refractivity contribution in [2.75, 3.05) is 14.2 Å². The van der Waals surface area contributed by atoms with Gasteiger partial charge in [0.1, 0.15) is 17.0 Å². The summed E-state index contributed by atoms with van der Waals surface area (Å²) in [7, 11) is 3.73. The van der Waals surface area contributed by atoms with E-state index in [0.717, 1.165) is 13.1 Å². The number of methoxy groups -OCH3 is 2. The highest BCUT2D eigenvalue weighted by atomic mass is 19.4. The summed E-state index contributed by atoms with van der Waals surface area (Å²) in [6, 6.07) is 5.65. The monoisotopic (exact) mass is 370 g/mol. The average molecular weight is 370 g/mol. The molecule has 2 rings (SSSR count). The molecule has 1 aromatic carbocycles. The Morgan fingerprint density at radius 3 is 2.50 bits per heavy atom. The number of halogens is 3. The molecule has 0 spiro atoms.